The molecule has 202 valence electrons. The predicted octanol–water partition coefficient (Wildman–Crippen LogP) is 5.15. The van der Waals surface area contributed by atoms with E-state index in [1.807, 2.05) is 6.92 Å². The highest BCUT2D eigenvalue weighted by atomic mass is 79.9. The minimum Gasteiger partial charge on any atom is -0.487 e. The number of aliphatic hydroxyl groups is 1. The number of rotatable bonds is 14. The Hall–Kier alpha value is -2.47. The summed E-state index contributed by atoms with van der Waals surface area (Å²) in [4.78, 5) is 22.9. The number of nitrogens with zero attached hydrogens (tertiary/aromatic N) is 4. The van der Waals surface area contributed by atoms with E-state index in [4.69, 9.17) is 14.2 Å². The van der Waals surface area contributed by atoms with E-state index in [0.29, 0.717) is 65.7 Å². The third kappa shape index (κ3) is 8.00. The quantitative estimate of drug-likeness (QED) is 0.157. The lowest BCUT2D eigenvalue weighted by molar-refractivity contribution is 0.0871. The molecule has 0 aliphatic carbocycles. The molecule has 0 bridgehead atoms. The van der Waals surface area contributed by atoms with Crippen molar-refractivity contribution in [3.05, 3.63) is 51.5 Å². The van der Waals surface area contributed by atoms with Crippen LogP contribution in [0.1, 0.15) is 26.7 Å². The average Bonchev–Trinajstić information content (AvgIpc) is 3.10. The molecule has 11 heteroatoms. The number of aliphatic hydroxyl groups excluding tert-OH is 1. The average molecular weight is 594 g/mol. The molecular formula is C26H37BrN4O5Si. The number of aromatic nitrogens is 4. The summed E-state index contributed by atoms with van der Waals surface area (Å²) in [6, 6.07) is 6.24. The summed E-state index contributed by atoms with van der Waals surface area (Å²) < 4.78 is 21.4. The molecule has 1 atom stereocenters. The van der Waals surface area contributed by atoms with E-state index in [9.17, 15) is 9.90 Å². The smallest absolute Gasteiger partial charge is 0.338 e. The first kappa shape index (κ1) is 29.1. The van der Waals surface area contributed by atoms with Gasteiger partial charge in [0.2, 0.25) is 5.88 Å². The third-order valence-corrected chi connectivity index (χ3v) is 7.80. The first-order valence-corrected chi connectivity index (χ1v) is 16.9. The number of fused-ring (bicyclic) bond motifs is 1. The molecule has 37 heavy (non-hydrogen) atoms. The van der Waals surface area contributed by atoms with Crippen LogP contribution < -0.4 is 15.2 Å². The monoisotopic (exact) mass is 592 g/mol. The first-order chi connectivity index (χ1) is 17.5. The van der Waals surface area contributed by atoms with Gasteiger partial charge in [0.15, 0.2) is 5.65 Å². The fraction of sp³-hybridized carbons (Fsp3) is 0.500. The van der Waals surface area contributed by atoms with Crippen LogP contribution in [0.3, 0.4) is 0 Å². The Morgan fingerprint density at radius 2 is 1.97 bits per heavy atom. The lowest BCUT2D eigenvalue weighted by atomic mass is 10.2. The predicted molar refractivity (Wildman–Crippen MR) is 152 cm³/mol. The van der Waals surface area contributed by atoms with Gasteiger partial charge in [0.25, 0.3) is 0 Å². The largest absolute Gasteiger partial charge is 0.487 e. The molecule has 3 aromatic heterocycles. The summed E-state index contributed by atoms with van der Waals surface area (Å²) in [5.41, 5.74) is 1.46. The van der Waals surface area contributed by atoms with E-state index in [-0.39, 0.29) is 12.4 Å². The summed E-state index contributed by atoms with van der Waals surface area (Å²) in [5, 5.41) is 9.50. The van der Waals surface area contributed by atoms with Crippen LogP contribution in [-0.2, 0) is 11.5 Å². The number of imidazole rings is 1. The maximum absolute atomic E-state index is 13.7. The van der Waals surface area contributed by atoms with Crippen LogP contribution in [0.4, 0.5) is 0 Å². The molecule has 0 aliphatic rings. The van der Waals surface area contributed by atoms with Gasteiger partial charge in [0, 0.05) is 26.9 Å². The van der Waals surface area contributed by atoms with Crippen molar-refractivity contribution in [1.29, 1.82) is 0 Å². The number of pyridine rings is 2. The zero-order chi connectivity index (χ0) is 27.2. The lowest BCUT2D eigenvalue weighted by Gasteiger charge is -2.15. The Kier molecular flexibility index (Phi) is 10.1. The number of hydrogen-bond donors (Lipinski definition) is 1. The normalized spacial score (nSPS) is 12.6. The van der Waals surface area contributed by atoms with Crippen molar-refractivity contribution in [2.24, 2.45) is 0 Å². The number of halogens is 1. The molecule has 3 rings (SSSR count). The molecule has 0 spiro atoms. The Morgan fingerprint density at radius 1 is 1.22 bits per heavy atom. The van der Waals surface area contributed by atoms with Crippen LogP contribution in [-0.4, -0.2) is 58.2 Å². The van der Waals surface area contributed by atoms with Crippen LogP contribution in [0.2, 0.25) is 25.7 Å². The van der Waals surface area contributed by atoms with Crippen molar-refractivity contribution < 1.29 is 19.3 Å². The Balaban J connectivity index is 2.03. The van der Waals surface area contributed by atoms with Gasteiger partial charge in [0.05, 0.1) is 17.2 Å². The van der Waals surface area contributed by atoms with Gasteiger partial charge in [0.1, 0.15) is 30.4 Å². The molecule has 0 amide bonds. The molecule has 3 aromatic rings. The van der Waals surface area contributed by atoms with Crippen molar-refractivity contribution in [3.8, 4) is 17.4 Å². The maximum atomic E-state index is 13.7. The summed E-state index contributed by atoms with van der Waals surface area (Å²) in [6.07, 6.45) is 2.52. The second-order valence-corrected chi connectivity index (χ2v) is 16.9. The van der Waals surface area contributed by atoms with Crippen molar-refractivity contribution in [2.75, 3.05) is 19.8 Å². The minimum absolute atomic E-state index is 0.0724. The molecule has 1 N–H and O–H groups in total. The van der Waals surface area contributed by atoms with Gasteiger partial charge in [-0.25, -0.2) is 14.3 Å². The van der Waals surface area contributed by atoms with Gasteiger partial charge < -0.3 is 19.3 Å². The number of hydrogen-bond acceptors (Lipinski definition) is 7. The van der Waals surface area contributed by atoms with Gasteiger partial charge in [-0.05, 0) is 66.4 Å². The van der Waals surface area contributed by atoms with Gasteiger partial charge in [-0.3, -0.25) is 4.57 Å². The Bertz CT molecular complexity index is 1280. The van der Waals surface area contributed by atoms with Crippen LogP contribution in [0.25, 0.3) is 17.0 Å². The third-order valence-electron chi connectivity index (χ3n) is 5.49. The molecule has 0 aliphatic heterocycles. The highest BCUT2D eigenvalue weighted by molar-refractivity contribution is 9.10. The van der Waals surface area contributed by atoms with Crippen molar-refractivity contribution in [3.63, 3.8) is 0 Å². The summed E-state index contributed by atoms with van der Waals surface area (Å²) in [5.74, 6) is 1.23. The highest BCUT2D eigenvalue weighted by Gasteiger charge is 2.22. The van der Waals surface area contributed by atoms with Crippen LogP contribution in [0.5, 0.6) is 11.6 Å². The van der Waals surface area contributed by atoms with E-state index >= 15 is 0 Å². The van der Waals surface area contributed by atoms with Gasteiger partial charge in [-0.1, -0.05) is 26.2 Å². The van der Waals surface area contributed by atoms with Crippen molar-refractivity contribution in [1.82, 2.24) is 19.1 Å². The molecule has 0 saturated heterocycles. The van der Waals surface area contributed by atoms with Crippen LogP contribution in [0.15, 0.2) is 45.8 Å². The summed E-state index contributed by atoms with van der Waals surface area (Å²) in [6.45, 7) is 15.7. The fourth-order valence-electron chi connectivity index (χ4n) is 3.51. The van der Waals surface area contributed by atoms with Crippen LogP contribution in [0, 0.1) is 0 Å². The van der Waals surface area contributed by atoms with Crippen molar-refractivity contribution >= 4 is 35.2 Å². The highest BCUT2D eigenvalue weighted by Crippen LogP contribution is 2.29. The summed E-state index contributed by atoms with van der Waals surface area (Å²) in [7, 11) is -1.28. The Morgan fingerprint density at radius 3 is 2.65 bits per heavy atom. The number of ether oxygens (including phenoxy) is 3. The van der Waals surface area contributed by atoms with E-state index in [2.05, 4.69) is 52.1 Å². The zero-order valence-corrected chi connectivity index (χ0v) is 24.9. The van der Waals surface area contributed by atoms with Gasteiger partial charge >= 0.3 is 5.69 Å². The SMILES string of the molecule is C=C(C)COc1ccnc2c1n(-c1ccc(Br)c(OCCCC(C)O)n1)c(=O)n2COCC[Si](C)(C)C. The topological polar surface area (TPSA) is 101 Å². The lowest BCUT2D eigenvalue weighted by Crippen LogP contribution is -2.26. The molecule has 0 fully saturated rings. The van der Waals surface area contributed by atoms with E-state index in [0.717, 1.165) is 11.6 Å². The molecule has 0 radical (unpaired) electrons. The maximum Gasteiger partial charge on any atom is 0.338 e. The zero-order valence-electron chi connectivity index (χ0n) is 22.3. The molecule has 1 unspecified atom stereocenters. The van der Waals surface area contributed by atoms with Crippen LogP contribution >= 0.6 is 15.9 Å². The summed E-state index contributed by atoms with van der Waals surface area (Å²) >= 11 is 3.48. The van der Waals surface area contributed by atoms with E-state index in [1.165, 1.54) is 9.13 Å². The fourth-order valence-corrected chi connectivity index (χ4v) is 4.60. The molecule has 9 nitrogen and oxygen atoms in total. The van der Waals surface area contributed by atoms with Gasteiger partial charge in [-0.15, -0.1) is 0 Å². The molecular weight excluding hydrogens is 556 g/mol. The van der Waals surface area contributed by atoms with Gasteiger partial charge in [-0.2, -0.15) is 4.98 Å². The Labute approximate surface area is 227 Å². The molecule has 3 heterocycles. The molecule has 0 aromatic carbocycles. The second kappa shape index (κ2) is 12.9. The molecule has 0 saturated carbocycles. The van der Waals surface area contributed by atoms with Crippen molar-refractivity contribution in [2.45, 2.75) is 65.2 Å². The minimum atomic E-state index is -1.28. The standard InChI is InChI=1S/C26H37BrN4O5Si/c1-18(2)16-36-21-11-12-28-24-23(21)31(26(33)30(24)17-34-14-15-37(4,5)6)22-10-9-20(27)25(29-22)35-13-7-8-19(3)32/h9-12,19,32H,1,7-8,13-17H2,2-6H3. The van der Waals surface area contributed by atoms with E-state index in [1.54, 1.807) is 31.3 Å². The van der Waals surface area contributed by atoms with E-state index < -0.39 is 14.2 Å². The first-order valence-electron chi connectivity index (χ1n) is 12.4. The second-order valence-electron chi connectivity index (χ2n) is 10.4.